The van der Waals surface area contributed by atoms with Crippen LogP contribution >= 0.6 is 11.8 Å². The molecule has 8 atom stereocenters. The molecule has 35 heteroatoms. The van der Waals surface area contributed by atoms with E-state index in [1.165, 1.54) is 25.1 Å². The van der Waals surface area contributed by atoms with E-state index < -0.39 is 161 Å². The summed E-state index contributed by atoms with van der Waals surface area (Å²) in [6, 6.07) is 3.46. The van der Waals surface area contributed by atoms with Crippen molar-refractivity contribution >= 4 is 117 Å². The highest BCUT2D eigenvalue weighted by Crippen LogP contribution is 2.59. The highest BCUT2D eigenvalue weighted by molar-refractivity contribution is 8.00. The summed E-state index contributed by atoms with van der Waals surface area (Å²) in [7, 11) is 1.24. The van der Waals surface area contributed by atoms with Gasteiger partial charge in [0.15, 0.2) is 28.7 Å². The number of Topliss-reactive ketones (excluding diaryl/α,β-unsaturated/α-hetero) is 4. The molecule has 0 saturated carbocycles. The van der Waals surface area contributed by atoms with E-state index in [1.54, 1.807) is 36.1 Å². The number of methoxy groups -OCH3 is 1. The first kappa shape index (κ1) is 68.1. The minimum atomic E-state index is -1.76. The molecular weight excluding hydrogens is 1220 g/mol. The van der Waals surface area contributed by atoms with Gasteiger partial charge in [0, 0.05) is 85.3 Å². The lowest BCUT2D eigenvalue weighted by Crippen LogP contribution is -2.53. The second kappa shape index (κ2) is 29.3. The van der Waals surface area contributed by atoms with Crippen molar-refractivity contribution in [3.05, 3.63) is 74.7 Å². The van der Waals surface area contributed by atoms with Crippen LogP contribution in [0.2, 0.25) is 0 Å². The van der Waals surface area contributed by atoms with Crippen LogP contribution in [0, 0.1) is 17.8 Å². The van der Waals surface area contributed by atoms with Gasteiger partial charge < -0.3 is 68.4 Å². The summed E-state index contributed by atoms with van der Waals surface area (Å²) in [5.74, 6) is -13.6. The van der Waals surface area contributed by atoms with Gasteiger partial charge in [-0.05, 0) is 57.4 Å². The number of thioether (sulfide) groups is 1. The van der Waals surface area contributed by atoms with E-state index >= 15 is 0 Å². The number of ether oxygens (including phenoxy) is 2. The molecule has 3 aromatic rings. The number of imide groups is 1. The fraction of sp³-hybridized carbons (Fsp3) is 0.464. The van der Waals surface area contributed by atoms with Crippen LogP contribution in [-0.4, -0.2) is 202 Å². The Morgan fingerprint density at radius 2 is 1.66 bits per heavy atom. The number of amides is 6. The van der Waals surface area contributed by atoms with Gasteiger partial charge in [-0.25, -0.2) is 14.8 Å². The molecule has 6 amide bonds. The smallest absolute Gasteiger partial charge is 0.404 e. The van der Waals surface area contributed by atoms with E-state index in [-0.39, 0.29) is 110 Å². The molecule has 0 radical (unpaired) electrons. The normalized spacial score (nSPS) is 20.5. The number of aliphatic carboxylic acids is 2. The Hall–Kier alpha value is -10.4. The number of nitrogens with one attached hydrogen (secondary N) is 4. The predicted molar refractivity (Wildman–Crippen MR) is 314 cm³/mol. The molecule has 1 aromatic carbocycles. The van der Waals surface area contributed by atoms with Crippen molar-refractivity contribution < 1.29 is 86.8 Å². The van der Waals surface area contributed by atoms with Crippen LogP contribution in [0.4, 0.5) is 16.4 Å². The number of guanidine groups is 1. The van der Waals surface area contributed by atoms with Crippen LogP contribution in [0.5, 0.6) is 0 Å². The molecule has 0 bridgehead atoms. The van der Waals surface area contributed by atoms with Gasteiger partial charge in [0.1, 0.15) is 18.9 Å². The summed E-state index contributed by atoms with van der Waals surface area (Å²) < 4.78 is 10.4. The number of carboxylic acids is 2. The van der Waals surface area contributed by atoms with E-state index in [4.69, 9.17) is 42.0 Å². The number of aromatic amines is 1. The van der Waals surface area contributed by atoms with Gasteiger partial charge in [-0.3, -0.25) is 72.4 Å². The van der Waals surface area contributed by atoms with E-state index in [9.17, 15) is 72.5 Å². The number of fused-ring (bicyclic) bond motifs is 5. The van der Waals surface area contributed by atoms with Crippen molar-refractivity contribution in [3.63, 3.8) is 0 Å². The van der Waals surface area contributed by atoms with E-state index in [1.807, 2.05) is 0 Å². The summed E-state index contributed by atoms with van der Waals surface area (Å²) >= 11 is 0.733. The maximum Gasteiger partial charge on any atom is 0.404 e. The second-order valence-corrected chi connectivity index (χ2v) is 23.1. The number of H-pyrrole nitrogens is 1. The summed E-state index contributed by atoms with van der Waals surface area (Å²) in [4.78, 5) is 210. The second-order valence-electron chi connectivity index (χ2n) is 21.9. The third kappa shape index (κ3) is 15.5. The molecule has 1 unspecified atom stereocenters. The zero-order chi connectivity index (χ0) is 66.8. The van der Waals surface area contributed by atoms with Crippen molar-refractivity contribution in [2.45, 2.75) is 101 Å². The number of carbonyl (C=O) groups excluding carboxylic acids is 12. The fourth-order valence-corrected chi connectivity index (χ4v) is 12.9. The van der Waals surface area contributed by atoms with E-state index in [0.717, 1.165) is 16.7 Å². The average Bonchev–Trinajstić information content (AvgIpc) is 1.49. The number of nitrogen functional groups attached to an aromatic ring is 1. The Labute approximate surface area is 519 Å². The van der Waals surface area contributed by atoms with Crippen molar-refractivity contribution in [2.24, 2.45) is 39.9 Å². The van der Waals surface area contributed by atoms with Gasteiger partial charge in [0.2, 0.25) is 41.1 Å². The molecule has 1 aliphatic carbocycles. The predicted octanol–water partition coefficient (Wildman–Crippen LogP) is -2.35. The lowest BCUT2D eigenvalue weighted by atomic mass is 9.78. The number of piperazine rings is 1. The molecule has 91 heavy (non-hydrogen) atoms. The number of likely N-dealkylation sites (tertiary alicyclic amines) is 1. The van der Waals surface area contributed by atoms with Crippen LogP contribution in [0.15, 0.2) is 62.9 Å². The van der Waals surface area contributed by atoms with Crippen molar-refractivity contribution in [2.75, 3.05) is 56.7 Å². The number of ketones is 4. The molecule has 0 spiro atoms. The maximum atomic E-state index is 14.0. The van der Waals surface area contributed by atoms with Crippen LogP contribution in [0.25, 0.3) is 11.2 Å². The SMILES string of the molecule is COC1=C(C)C(=O)C2=C(C1=O)[C@H](COC(N)=O)[C@]1(C)[C@H]3[C@@H](CN21)N3C(=O)CN1C(=O)CC(SC[C@@H](CC(=O)[C@@H](CC(=O)O)NC(=O)[C@@H](CCCN=C(N)N)CC(=O)CCCNC(=O)c2ccc(NCc3cnc4nc(N)[nH]c(=O)c4n3)cc2)C(=O)O)C1=O.O=C=O. The molecule has 14 N–H and O–H groups in total. The molecule has 3 fully saturated rings. The number of hydrogen-bond donors (Lipinski definition) is 10. The van der Waals surface area contributed by atoms with Crippen LogP contribution < -0.4 is 44.4 Å². The number of allylic oxidation sites excluding steroid dienone is 2. The van der Waals surface area contributed by atoms with Gasteiger partial charge in [-0.2, -0.15) is 14.6 Å². The zero-order valence-corrected chi connectivity index (χ0v) is 50.0. The lowest BCUT2D eigenvalue weighted by molar-refractivity contribution is -0.192. The van der Waals surface area contributed by atoms with Gasteiger partial charge in [-0.1, -0.05) is 0 Å². The van der Waals surface area contributed by atoms with E-state index in [0.29, 0.717) is 16.9 Å². The van der Waals surface area contributed by atoms with E-state index in [2.05, 4.69) is 40.9 Å². The number of aromatic nitrogens is 4. The molecule has 5 aliphatic rings. The molecule has 2 aromatic heterocycles. The highest BCUT2D eigenvalue weighted by Gasteiger charge is 2.74. The number of rotatable bonds is 30. The van der Waals surface area contributed by atoms with Crippen LogP contribution in [0.3, 0.4) is 0 Å². The van der Waals surface area contributed by atoms with Crippen molar-refractivity contribution in [1.82, 2.24) is 45.3 Å². The van der Waals surface area contributed by atoms with Gasteiger partial charge >= 0.3 is 24.2 Å². The third-order valence-electron chi connectivity index (χ3n) is 16.0. The number of nitrogens with zero attached hydrogens (tertiary/aromatic N) is 7. The first-order valence-electron chi connectivity index (χ1n) is 28.2. The summed E-state index contributed by atoms with van der Waals surface area (Å²) in [5, 5.41) is 27.1. The Morgan fingerprint density at radius 3 is 2.31 bits per heavy atom. The molecule has 3 saturated heterocycles. The number of hydrogen-bond acceptors (Lipinski definition) is 25. The molecular formula is C56H65N15O19S. The van der Waals surface area contributed by atoms with Crippen LogP contribution in [0.1, 0.15) is 81.3 Å². The number of aliphatic imine (C=N–C) groups is 1. The largest absolute Gasteiger partial charge is 0.492 e. The zero-order valence-electron chi connectivity index (χ0n) is 49.2. The van der Waals surface area contributed by atoms with Crippen molar-refractivity contribution in [3.8, 4) is 0 Å². The van der Waals surface area contributed by atoms with Crippen molar-refractivity contribution in [1.29, 1.82) is 0 Å². The average molecular weight is 1280 g/mol. The van der Waals surface area contributed by atoms with Crippen LogP contribution in [-0.2, 0) is 73.6 Å². The van der Waals surface area contributed by atoms with Gasteiger partial charge in [0.25, 0.3) is 11.5 Å². The minimum Gasteiger partial charge on any atom is -0.492 e. The number of carbonyl (C=O) groups is 12. The van der Waals surface area contributed by atoms with Gasteiger partial charge in [0.05, 0.1) is 72.5 Å². The monoisotopic (exact) mass is 1280 g/mol. The number of carboxylic acid groups (broad SMARTS) is 2. The first-order chi connectivity index (χ1) is 43.1. The Bertz CT molecular complexity index is 3680. The fourth-order valence-electron chi connectivity index (χ4n) is 11.6. The Kier molecular flexibility index (Phi) is 21.9. The molecule has 8 rings (SSSR count). The topological polar surface area (TPSA) is 531 Å². The Morgan fingerprint density at radius 1 is 0.956 bits per heavy atom. The molecule has 34 nitrogen and oxygen atoms in total. The quantitative estimate of drug-likeness (QED) is 0.00834. The molecule has 4 aliphatic heterocycles. The highest BCUT2D eigenvalue weighted by atomic mass is 32.2. The van der Waals surface area contributed by atoms with Gasteiger partial charge in [-0.15, -0.1) is 11.8 Å². The third-order valence-corrected chi connectivity index (χ3v) is 17.4. The standard InChI is InChI=1S/C55H65N15O17S.CO2/c1-24-42(77)41-39(43(78)44(24)86-3)31(22-87-54(59)85)55(2)45-33(20-69(41)55)70(45)37(74)21-68-36(73)17-35(50(68)82)88-23-27(51(83)84)15-34(72)32(16-38(75)76)65-48(80)26(6-4-13-61-52(56)57)14-30(71)7-5-12-60-47(79)25-8-10-28(11-9-25)62-18-29-19-63-46-40(64-29)49(81)67-53(58)66-46;2-1-3/h8-11,19,26-27,31-33,35,45,62H,4-7,12-18,20-23H2,1-3H3,(H2,59,85)(H,60,79)(H,65,80)(H,75,76)(H,83,84)(H4,56,57,61)(H3,58,63,66,67,81);/t26-,27+,31-,32+,33+,35?,45+,55+,70?;/m0./s1. The maximum absolute atomic E-state index is 14.0. The summed E-state index contributed by atoms with van der Waals surface area (Å²) in [6.07, 6.45) is -1.80. The summed E-state index contributed by atoms with van der Waals surface area (Å²) in [6.45, 7) is 2.41. The first-order valence-corrected chi connectivity index (χ1v) is 29.2. The molecule has 484 valence electrons. The number of anilines is 2. The number of benzene rings is 1. The Balaban J connectivity index is 0.00000384. The molecule has 6 heterocycles. The lowest BCUT2D eigenvalue weighted by Gasteiger charge is -2.39. The number of primary amides is 1. The minimum absolute atomic E-state index is 0.000208. The number of nitrogens with two attached hydrogens (primary N) is 4. The summed E-state index contributed by atoms with van der Waals surface area (Å²) in [5.41, 5.74) is 21.7.